The van der Waals surface area contributed by atoms with Crippen LogP contribution in [0.1, 0.15) is 17.5 Å². The van der Waals surface area contributed by atoms with Gasteiger partial charge in [-0.15, -0.1) is 12.4 Å². The minimum atomic E-state index is -0.357. The maximum Gasteiger partial charge on any atom is 0.291 e. The second kappa shape index (κ2) is 9.71. The Morgan fingerprint density at radius 2 is 2.08 bits per heavy atom. The van der Waals surface area contributed by atoms with E-state index < -0.39 is 0 Å². The maximum atomic E-state index is 12.0. The van der Waals surface area contributed by atoms with Crippen LogP contribution < -0.4 is 15.8 Å². The summed E-state index contributed by atoms with van der Waals surface area (Å²) < 4.78 is 10.5. The fourth-order valence-electron chi connectivity index (χ4n) is 1.91. The third-order valence-corrected chi connectivity index (χ3v) is 3.59. The molecule has 0 saturated heterocycles. The number of amides is 2. The molecule has 1 heterocycles. The molecular weight excluding hydrogens is 346 g/mol. The van der Waals surface area contributed by atoms with Crippen molar-refractivity contribution in [2.24, 2.45) is 5.73 Å². The fraction of sp³-hybridized carbons (Fsp3) is 0.294. The lowest BCUT2D eigenvalue weighted by molar-refractivity contribution is -0.133. The summed E-state index contributed by atoms with van der Waals surface area (Å²) in [5.74, 6) is 0.172. The molecule has 2 amide bonds. The predicted molar refractivity (Wildman–Crippen MR) is 97.1 cm³/mol. The van der Waals surface area contributed by atoms with Crippen molar-refractivity contribution >= 4 is 29.9 Å². The second-order valence-corrected chi connectivity index (χ2v) is 5.34. The molecule has 0 bridgehead atoms. The van der Waals surface area contributed by atoms with Crippen LogP contribution in [0, 0.1) is 0 Å². The first-order valence-electron chi connectivity index (χ1n) is 7.54. The summed E-state index contributed by atoms with van der Waals surface area (Å²) in [6.07, 6.45) is 1.43. The molecule has 2 aromatic rings. The first kappa shape index (κ1) is 20.5. The lowest BCUT2D eigenvalue weighted by Gasteiger charge is -2.23. The Morgan fingerprint density at radius 1 is 1.32 bits per heavy atom. The number of hydrogen-bond donors (Lipinski definition) is 2. The number of likely N-dealkylation sites (N-methyl/N-ethyl adjacent to an activating group) is 1. The molecule has 136 valence electrons. The Kier molecular flexibility index (Phi) is 7.97. The third kappa shape index (κ3) is 5.81. The van der Waals surface area contributed by atoms with E-state index in [1.807, 2.05) is 6.92 Å². The SMILES string of the molecule is CC(CN)N(C)C(=O)COc1cccc(NC(=O)c2ccco2)c1.Cl. The van der Waals surface area contributed by atoms with Gasteiger partial charge in [0.25, 0.3) is 11.8 Å². The third-order valence-electron chi connectivity index (χ3n) is 3.59. The molecule has 0 spiro atoms. The first-order valence-corrected chi connectivity index (χ1v) is 7.54. The number of anilines is 1. The minimum Gasteiger partial charge on any atom is -0.484 e. The molecule has 1 aromatic heterocycles. The van der Waals surface area contributed by atoms with E-state index in [0.717, 1.165) is 0 Å². The van der Waals surface area contributed by atoms with Crippen LogP contribution in [0.5, 0.6) is 5.75 Å². The van der Waals surface area contributed by atoms with Crippen molar-refractivity contribution in [3.63, 3.8) is 0 Å². The molecule has 1 aromatic carbocycles. The van der Waals surface area contributed by atoms with E-state index in [2.05, 4.69) is 5.32 Å². The monoisotopic (exact) mass is 367 g/mol. The van der Waals surface area contributed by atoms with E-state index in [9.17, 15) is 9.59 Å². The predicted octanol–water partition coefficient (Wildman–Crippen LogP) is 2.14. The lowest BCUT2D eigenvalue weighted by atomic mass is 10.3. The van der Waals surface area contributed by atoms with Crippen molar-refractivity contribution in [2.75, 3.05) is 25.5 Å². The lowest BCUT2D eigenvalue weighted by Crippen LogP contribution is -2.42. The van der Waals surface area contributed by atoms with Gasteiger partial charge in [-0.3, -0.25) is 9.59 Å². The summed E-state index contributed by atoms with van der Waals surface area (Å²) in [6.45, 7) is 2.15. The Bertz CT molecular complexity index is 691. The van der Waals surface area contributed by atoms with Gasteiger partial charge in [-0.05, 0) is 31.2 Å². The van der Waals surface area contributed by atoms with Gasteiger partial charge < -0.3 is 25.1 Å². The molecule has 1 atom stereocenters. The Labute approximate surface area is 152 Å². The zero-order valence-electron chi connectivity index (χ0n) is 14.1. The number of nitrogens with two attached hydrogens (primary N) is 1. The standard InChI is InChI=1S/C17H21N3O4.ClH/c1-12(10-18)20(2)16(21)11-24-14-6-3-5-13(9-14)19-17(22)15-7-4-8-23-15;/h3-9,12H,10-11,18H2,1-2H3,(H,19,22);1H. The average Bonchev–Trinajstić information content (AvgIpc) is 3.13. The van der Waals surface area contributed by atoms with Gasteiger partial charge in [0.05, 0.1) is 6.26 Å². The molecule has 0 saturated carbocycles. The molecule has 1 unspecified atom stereocenters. The highest BCUT2D eigenvalue weighted by molar-refractivity contribution is 6.02. The van der Waals surface area contributed by atoms with Crippen LogP contribution in [0.3, 0.4) is 0 Å². The van der Waals surface area contributed by atoms with Crippen molar-refractivity contribution in [1.29, 1.82) is 0 Å². The molecule has 25 heavy (non-hydrogen) atoms. The van der Waals surface area contributed by atoms with Crippen LogP contribution in [0.15, 0.2) is 47.1 Å². The van der Waals surface area contributed by atoms with E-state index in [1.165, 1.54) is 6.26 Å². The molecule has 0 aliphatic carbocycles. The number of nitrogens with one attached hydrogen (secondary N) is 1. The van der Waals surface area contributed by atoms with E-state index in [4.69, 9.17) is 14.9 Å². The van der Waals surface area contributed by atoms with Crippen LogP contribution in [0.4, 0.5) is 5.69 Å². The smallest absolute Gasteiger partial charge is 0.291 e. The van der Waals surface area contributed by atoms with Gasteiger partial charge in [0.2, 0.25) is 0 Å². The zero-order valence-corrected chi connectivity index (χ0v) is 14.9. The summed E-state index contributed by atoms with van der Waals surface area (Å²) in [7, 11) is 1.68. The summed E-state index contributed by atoms with van der Waals surface area (Å²) in [5, 5.41) is 2.70. The van der Waals surface area contributed by atoms with Crippen LogP contribution >= 0.6 is 12.4 Å². The van der Waals surface area contributed by atoms with Gasteiger partial charge >= 0.3 is 0 Å². The highest BCUT2D eigenvalue weighted by Crippen LogP contribution is 2.18. The van der Waals surface area contributed by atoms with Gasteiger partial charge in [0.15, 0.2) is 12.4 Å². The number of carbonyl (C=O) groups is 2. The van der Waals surface area contributed by atoms with Crippen molar-refractivity contribution in [3.05, 3.63) is 48.4 Å². The number of rotatable bonds is 7. The minimum absolute atomic E-state index is 0. The Hall–Kier alpha value is -2.51. The van der Waals surface area contributed by atoms with Gasteiger partial charge in [0, 0.05) is 31.4 Å². The number of nitrogens with zero attached hydrogens (tertiary/aromatic N) is 1. The molecule has 3 N–H and O–H groups in total. The topological polar surface area (TPSA) is 97.8 Å². The van der Waals surface area contributed by atoms with E-state index in [-0.39, 0.29) is 42.6 Å². The van der Waals surface area contributed by atoms with Crippen molar-refractivity contribution in [3.8, 4) is 5.75 Å². The quantitative estimate of drug-likeness (QED) is 0.781. The number of benzene rings is 1. The highest BCUT2D eigenvalue weighted by Gasteiger charge is 2.15. The van der Waals surface area contributed by atoms with Gasteiger partial charge in [-0.25, -0.2) is 0 Å². The van der Waals surface area contributed by atoms with Crippen molar-refractivity contribution in [2.45, 2.75) is 13.0 Å². The molecule has 0 radical (unpaired) electrons. The average molecular weight is 368 g/mol. The molecule has 0 aliphatic heterocycles. The van der Waals surface area contributed by atoms with Crippen LogP contribution in [0.2, 0.25) is 0 Å². The number of carbonyl (C=O) groups excluding carboxylic acids is 2. The van der Waals surface area contributed by atoms with E-state index in [1.54, 1.807) is 48.3 Å². The summed E-state index contributed by atoms with van der Waals surface area (Å²) in [4.78, 5) is 25.5. The van der Waals surface area contributed by atoms with Crippen molar-refractivity contribution < 1.29 is 18.7 Å². The van der Waals surface area contributed by atoms with Gasteiger partial charge in [-0.2, -0.15) is 0 Å². The van der Waals surface area contributed by atoms with Gasteiger partial charge in [-0.1, -0.05) is 6.07 Å². The van der Waals surface area contributed by atoms with Crippen LogP contribution in [-0.2, 0) is 4.79 Å². The number of furan rings is 1. The summed E-state index contributed by atoms with van der Waals surface area (Å²) in [5.41, 5.74) is 6.09. The fourth-order valence-corrected chi connectivity index (χ4v) is 1.91. The molecule has 7 nitrogen and oxygen atoms in total. The largest absolute Gasteiger partial charge is 0.484 e. The molecule has 0 fully saturated rings. The molecule has 0 aliphatic rings. The normalized spacial score (nSPS) is 11.2. The number of ether oxygens (including phenoxy) is 1. The summed E-state index contributed by atoms with van der Waals surface area (Å²) >= 11 is 0. The first-order chi connectivity index (χ1) is 11.5. The maximum absolute atomic E-state index is 12.0. The molecule has 2 rings (SSSR count). The zero-order chi connectivity index (χ0) is 17.5. The van der Waals surface area contributed by atoms with Crippen LogP contribution in [-0.4, -0.2) is 43.0 Å². The second-order valence-electron chi connectivity index (χ2n) is 5.34. The Morgan fingerprint density at radius 3 is 2.72 bits per heavy atom. The molecule has 8 heteroatoms. The molecular formula is C17H22ClN3O4. The van der Waals surface area contributed by atoms with Gasteiger partial charge in [0.1, 0.15) is 5.75 Å². The number of halogens is 1. The van der Waals surface area contributed by atoms with E-state index in [0.29, 0.717) is 18.0 Å². The number of hydrogen-bond acceptors (Lipinski definition) is 5. The van der Waals surface area contributed by atoms with Crippen molar-refractivity contribution in [1.82, 2.24) is 4.90 Å². The van der Waals surface area contributed by atoms with E-state index >= 15 is 0 Å². The Balaban J connectivity index is 0.00000312. The van der Waals surface area contributed by atoms with Crippen LogP contribution in [0.25, 0.3) is 0 Å². The summed E-state index contributed by atoms with van der Waals surface area (Å²) in [6, 6.07) is 9.95. The highest BCUT2D eigenvalue weighted by atomic mass is 35.5.